The first-order chi connectivity index (χ1) is 22.5. The van der Waals surface area contributed by atoms with E-state index in [9.17, 15) is 15.0 Å². The maximum atomic E-state index is 13.6. The molecule has 2 aliphatic carbocycles. The highest BCUT2D eigenvalue weighted by molar-refractivity contribution is 5.74. The molecule has 0 radical (unpaired) electrons. The molecule has 4 saturated heterocycles. The van der Waals surface area contributed by atoms with Crippen LogP contribution in [0.1, 0.15) is 72.6 Å². The zero-order valence-electron chi connectivity index (χ0n) is 28.4. The van der Waals surface area contributed by atoms with Crippen molar-refractivity contribution in [2.45, 2.75) is 146 Å². The van der Waals surface area contributed by atoms with Gasteiger partial charge in [-0.1, -0.05) is 18.6 Å². The highest BCUT2D eigenvalue weighted by Gasteiger charge is 2.58. The number of allylic oxidation sites excluding steroid dienone is 1. The minimum absolute atomic E-state index is 0.0601. The molecule has 5 aliphatic heterocycles. The van der Waals surface area contributed by atoms with Gasteiger partial charge in [-0.3, -0.25) is 4.79 Å². The van der Waals surface area contributed by atoms with Crippen molar-refractivity contribution in [3.63, 3.8) is 0 Å². The lowest BCUT2D eigenvalue weighted by atomic mass is 9.55. The Kier molecular flexibility index (Phi) is 9.32. The van der Waals surface area contributed by atoms with E-state index in [1.165, 1.54) is 18.3 Å². The van der Waals surface area contributed by atoms with Crippen LogP contribution in [-0.4, -0.2) is 110 Å². The second-order valence-electron chi connectivity index (χ2n) is 15.0. The van der Waals surface area contributed by atoms with Crippen LogP contribution in [0.2, 0.25) is 0 Å². The van der Waals surface area contributed by atoms with Crippen molar-refractivity contribution in [2.24, 2.45) is 23.2 Å². The Morgan fingerprint density at radius 2 is 1.79 bits per heavy atom. The molecule has 47 heavy (non-hydrogen) atoms. The van der Waals surface area contributed by atoms with Crippen molar-refractivity contribution in [1.29, 1.82) is 0 Å². The molecule has 5 fully saturated rings. The number of carbonyl (C=O) groups excluding carboxylic acids is 1. The average Bonchev–Trinajstić information content (AvgIpc) is 3.56. The second-order valence-corrected chi connectivity index (χ2v) is 15.0. The van der Waals surface area contributed by atoms with E-state index in [0.29, 0.717) is 25.9 Å². The molecule has 5 heterocycles. The molecule has 264 valence electrons. The fourth-order valence-corrected chi connectivity index (χ4v) is 9.57. The van der Waals surface area contributed by atoms with Gasteiger partial charge in [-0.25, -0.2) is 0 Å². The molecule has 0 unspecified atom stereocenters. The first-order valence-electron chi connectivity index (χ1n) is 17.4. The summed E-state index contributed by atoms with van der Waals surface area (Å²) in [5.74, 6) is -1.01. The first-order valence-corrected chi connectivity index (χ1v) is 17.4. The zero-order valence-corrected chi connectivity index (χ0v) is 28.4. The number of ether oxygens (including phenoxy) is 9. The smallest absolute Gasteiger partial charge is 0.309 e. The van der Waals surface area contributed by atoms with Crippen LogP contribution in [-0.2, 0) is 47.4 Å². The van der Waals surface area contributed by atoms with Crippen LogP contribution >= 0.6 is 0 Å². The number of fused-ring (bicyclic) bond motifs is 3. The SMILES string of the molecule is CO[C@@H]1[C@@H](O)[C@H](O[C@H]2CC[C@@]3(C)C(=CC[C@H]4C(=O)O[C@@H]5CO[C@]6(C)OC=C(CC[C@H]43)[C@@H]56)C2)O[C@H](C)[C@H]1O[C@H]1C[C@H](OC)[C@@H](O)[C@H](C)O1. The molecule has 2 N–H and O–H groups in total. The molecule has 12 nitrogen and oxygen atoms in total. The molecule has 0 bridgehead atoms. The summed E-state index contributed by atoms with van der Waals surface area (Å²) in [4.78, 5) is 13.6. The molecule has 0 aromatic rings. The van der Waals surface area contributed by atoms with Crippen molar-refractivity contribution >= 4 is 5.97 Å². The molecule has 0 aromatic carbocycles. The van der Waals surface area contributed by atoms with Gasteiger partial charge in [0.1, 0.15) is 30.5 Å². The lowest BCUT2D eigenvalue weighted by Crippen LogP contribution is -2.61. The second kappa shape index (κ2) is 12.9. The summed E-state index contributed by atoms with van der Waals surface area (Å²) in [6.45, 7) is 8.24. The Labute approximate surface area is 276 Å². The van der Waals surface area contributed by atoms with Crippen LogP contribution in [0.25, 0.3) is 0 Å². The molecule has 0 spiro atoms. The van der Waals surface area contributed by atoms with Gasteiger partial charge in [0.2, 0.25) is 5.79 Å². The van der Waals surface area contributed by atoms with Crippen LogP contribution in [0.3, 0.4) is 0 Å². The van der Waals surface area contributed by atoms with Gasteiger partial charge in [0, 0.05) is 27.6 Å². The van der Waals surface area contributed by atoms with Crippen molar-refractivity contribution in [1.82, 2.24) is 0 Å². The van der Waals surface area contributed by atoms with E-state index >= 15 is 0 Å². The van der Waals surface area contributed by atoms with Crippen molar-refractivity contribution < 1.29 is 57.6 Å². The lowest BCUT2D eigenvalue weighted by Gasteiger charge is -2.51. The van der Waals surface area contributed by atoms with Gasteiger partial charge in [0.05, 0.1) is 49.1 Å². The molecular weight excluding hydrogens is 612 g/mol. The normalized spacial score (nSPS) is 51.2. The number of aliphatic hydroxyl groups excluding tert-OH is 2. The Morgan fingerprint density at radius 1 is 0.979 bits per heavy atom. The number of hydrogen-bond acceptors (Lipinski definition) is 12. The van der Waals surface area contributed by atoms with Crippen molar-refractivity contribution in [3.8, 4) is 0 Å². The maximum absolute atomic E-state index is 13.6. The Bertz CT molecular complexity index is 1240. The van der Waals surface area contributed by atoms with E-state index in [4.69, 9.17) is 42.6 Å². The van der Waals surface area contributed by atoms with Gasteiger partial charge in [0.15, 0.2) is 12.6 Å². The Morgan fingerprint density at radius 3 is 2.55 bits per heavy atom. The van der Waals surface area contributed by atoms with Crippen molar-refractivity contribution in [2.75, 3.05) is 20.8 Å². The van der Waals surface area contributed by atoms with E-state index < -0.39 is 61.1 Å². The molecular formula is C35H52O12. The van der Waals surface area contributed by atoms with Crippen LogP contribution in [0.5, 0.6) is 0 Å². The van der Waals surface area contributed by atoms with E-state index in [2.05, 4.69) is 13.0 Å². The third-order valence-corrected chi connectivity index (χ3v) is 12.3. The van der Waals surface area contributed by atoms with E-state index in [0.717, 1.165) is 25.7 Å². The molecule has 7 aliphatic rings. The summed E-state index contributed by atoms with van der Waals surface area (Å²) >= 11 is 0. The van der Waals surface area contributed by atoms with Gasteiger partial charge in [-0.05, 0) is 69.3 Å². The van der Waals surface area contributed by atoms with Crippen LogP contribution in [0, 0.1) is 23.2 Å². The third kappa shape index (κ3) is 5.89. The largest absolute Gasteiger partial charge is 0.469 e. The summed E-state index contributed by atoms with van der Waals surface area (Å²) in [6.07, 6.45) is 2.49. The predicted molar refractivity (Wildman–Crippen MR) is 164 cm³/mol. The quantitative estimate of drug-likeness (QED) is 0.319. The molecule has 12 heteroatoms. The Hall–Kier alpha value is -1.61. The fraction of sp³-hybridized carbons (Fsp3) is 0.857. The van der Waals surface area contributed by atoms with Crippen LogP contribution < -0.4 is 0 Å². The monoisotopic (exact) mass is 664 g/mol. The number of methoxy groups -OCH3 is 2. The number of hydrogen-bond donors (Lipinski definition) is 2. The summed E-state index contributed by atoms with van der Waals surface area (Å²) in [6, 6.07) is 0. The first kappa shape index (κ1) is 33.9. The number of aliphatic hydroxyl groups is 2. The predicted octanol–water partition coefficient (Wildman–Crippen LogP) is 3.12. The van der Waals surface area contributed by atoms with Gasteiger partial charge in [-0.2, -0.15) is 0 Å². The highest BCUT2D eigenvalue weighted by Crippen LogP contribution is 2.57. The van der Waals surface area contributed by atoms with Crippen molar-refractivity contribution in [3.05, 3.63) is 23.5 Å². The van der Waals surface area contributed by atoms with Gasteiger partial charge < -0.3 is 52.8 Å². The molecule has 0 aromatic heterocycles. The number of esters is 1. The average molecular weight is 665 g/mol. The minimum Gasteiger partial charge on any atom is -0.469 e. The summed E-state index contributed by atoms with van der Waals surface area (Å²) in [5, 5.41) is 21.8. The molecule has 0 amide bonds. The topological polar surface area (TPSA) is 141 Å². The molecule has 16 atom stereocenters. The summed E-state index contributed by atoms with van der Waals surface area (Å²) < 4.78 is 54.2. The van der Waals surface area contributed by atoms with E-state index in [-0.39, 0.29) is 41.3 Å². The summed E-state index contributed by atoms with van der Waals surface area (Å²) in [7, 11) is 3.09. The van der Waals surface area contributed by atoms with Gasteiger partial charge in [-0.15, -0.1) is 0 Å². The van der Waals surface area contributed by atoms with Gasteiger partial charge in [0.25, 0.3) is 0 Å². The number of carbonyl (C=O) groups is 1. The van der Waals surface area contributed by atoms with E-state index in [1.54, 1.807) is 14.0 Å². The molecule has 7 rings (SSSR count). The van der Waals surface area contributed by atoms with Crippen LogP contribution in [0.15, 0.2) is 23.5 Å². The maximum Gasteiger partial charge on any atom is 0.309 e. The number of rotatable bonds is 6. The standard InChI is InChI=1S/C35H52O12/c1-17-28(36)24(39-5)14-26(43-17)47-30-18(2)44-33(29(37)31(30)40-6)45-21-11-12-34(3)20(13-21)8-9-22-23(34)10-7-19-15-41-35(4)27(19)25(16-42-35)46-32(22)38/h8,15,17-18,21-31,33,36-37H,7,9-14,16H2,1-6H3/t17-,18+,21-,22+,23+,24-,25+,26-,27-,28-,29+,30+,31+,33-,34-,35-/m0/s1. The lowest BCUT2D eigenvalue weighted by molar-refractivity contribution is -0.344. The summed E-state index contributed by atoms with van der Waals surface area (Å²) in [5.41, 5.74) is 2.31. The fourth-order valence-electron chi connectivity index (χ4n) is 9.57. The van der Waals surface area contributed by atoms with Gasteiger partial charge >= 0.3 is 5.97 Å². The minimum atomic E-state index is -1.09. The van der Waals surface area contributed by atoms with E-state index in [1.807, 2.05) is 20.1 Å². The Balaban J connectivity index is 1.01. The zero-order chi connectivity index (χ0) is 33.2. The highest BCUT2D eigenvalue weighted by atomic mass is 16.7. The molecule has 1 saturated carbocycles. The third-order valence-electron chi connectivity index (χ3n) is 12.3. The van der Waals surface area contributed by atoms with Crippen LogP contribution in [0.4, 0.5) is 0 Å².